The van der Waals surface area contributed by atoms with Crippen LogP contribution in [0, 0.1) is 3.57 Å². The van der Waals surface area contributed by atoms with Gasteiger partial charge in [-0.2, -0.15) is 0 Å². The number of hydrogen-bond donors (Lipinski definition) is 1. The average molecular weight is 471 g/mol. The molecule has 0 bridgehead atoms. The molecule has 0 fully saturated rings. The quantitative estimate of drug-likeness (QED) is 0.537. The summed E-state index contributed by atoms with van der Waals surface area (Å²) in [6, 6.07) is 10.6. The first-order valence-corrected chi connectivity index (χ1v) is 10.1. The number of benzene rings is 2. The SMILES string of the molecule is O=S([O-])Cc1ccc(Cl)cc1NS(=O)(=O)c1ccc(I)cc1. The van der Waals surface area contributed by atoms with E-state index >= 15 is 0 Å². The molecule has 0 saturated carbocycles. The van der Waals surface area contributed by atoms with Gasteiger partial charge in [-0.3, -0.25) is 8.93 Å². The Labute approximate surface area is 149 Å². The van der Waals surface area contributed by atoms with Gasteiger partial charge in [0.2, 0.25) is 0 Å². The molecule has 0 aliphatic rings. The smallest absolute Gasteiger partial charge is 0.261 e. The van der Waals surface area contributed by atoms with E-state index in [0.717, 1.165) is 3.57 Å². The zero-order chi connectivity index (χ0) is 16.3. The Hall–Kier alpha value is -0.680. The molecule has 22 heavy (non-hydrogen) atoms. The minimum Gasteiger partial charge on any atom is -0.772 e. The summed E-state index contributed by atoms with van der Waals surface area (Å²) < 4.78 is 49.7. The molecule has 0 aliphatic carbocycles. The van der Waals surface area contributed by atoms with Crippen LogP contribution in [0.2, 0.25) is 5.02 Å². The standard InChI is InChI=1S/C13H11ClINO4S2/c14-10-2-1-9(8-21(17)18)13(7-10)16-22(19,20)12-5-3-11(15)4-6-12/h1-7,16H,8H2,(H,17,18)/p-1. The highest BCUT2D eigenvalue weighted by Crippen LogP contribution is 2.25. The maximum absolute atomic E-state index is 12.4. The van der Waals surface area contributed by atoms with Crippen molar-refractivity contribution < 1.29 is 17.2 Å². The highest BCUT2D eigenvalue weighted by molar-refractivity contribution is 14.1. The summed E-state index contributed by atoms with van der Waals surface area (Å²) in [6.45, 7) is 0. The summed E-state index contributed by atoms with van der Waals surface area (Å²) in [5.41, 5.74) is 0.474. The second-order valence-corrected chi connectivity index (χ2v) is 8.57. The minimum atomic E-state index is -3.82. The lowest BCUT2D eigenvalue weighted by molar-refractivity contribution is 0.536. The van der Waals surface area contributed by atoms with E-state index in [9.17, 15) is 17.2 Å². The summed E-state index contributed by atoms with van der Waals surface area (Å²) >= 11 is 5.59. The summed E-state index contributed by atoms with van der Waals surface area (Å²) in [4.78, 5) is 0.0853. The fraction of sp³-hybridized carbons (Fsp3) is 0.0769. The first kappa shape index (κ1) is 17.7. The first-order valence-electron chi connectivity index (χ1n) is 5.90. The first-order chi connectivity index (χ1) is 10.3. The van der Waals surface area contributed by atoms with Crippen LogP contribution in [0.5, 0.6) is 0 Å². The molecule has 0 spiro atoms. The van der Waals surface area contributed by atoms with Crippen LogP contribution in [0.25, 0.3) is 0 Å². The van der Waals surface area contributed by atoms with E-state index in [2.05, 4.69) is 27.3 Å². The van der Waals surface area contributed by atoms with Gasteiger partial charge in [0.15, 0.2) is 0 Å². The number of nitrogens with one attached hydrogen (secondary N) is 1. The number of halogens is 2. The third-order valence-corrected chi connectivity index (χ3v) is 5.60. The van der Waals surface area contributed by atoms with Crippen LogP contribution in [0.3, 0.4) is 0 Å². The third-order valence-electron chi connectivity index (χ3n) is 2.71. The maximum atomic E-state index is 12.4. The van der Waals surface area contributed by atoms with E-state index < -0.39 is 21.1 Å². The summed E-state index contributed by atoms with van der Waals surface area (Å²) in [5, 5.41) is 0.306. The number of rotatable bonds is 5. The van der Waals surface area contributed by atoms with Crippen LogP contribution in [0.15, 0.2) is 47.4 Å². The minimum absolute atomic E-state index is 0.0853. The van der Waals surface area contributed by atoms with Gasteiger partial charge < -0.3 is 4.55 Å². The maximum Gasteiger partial charge on any atom is 0.261 e. The van der Waals surface area contributed by atoms with Gasteiger partial charge in [0.1, 0.15) is 0 Å². The van der Waals surface area contributed by atoms with E-state index in [1.807, 2.05) is 0 Å². The molecule has 1 atom stereocenters. The Morgan fingerprint density at radius 1 is 1.18 bits per heavy atom. The van der Waals surface area contributed by atoms with Gasteiger partial charge >= 0.3 is 0 Å². The molecular weight excluding hydrogens is 461 g/mol. The molecule has 1 N–H and O–H groups in total. The fourth-order valence-corrected chi connectivity index (χ4v) is 3.84. The summed E-state index contributed by atoms with van der Waals surface area (Å²) in [6.07, 6.45) is 0. The molecule has 0 heterocycles. The van der Waals surface area contributed by atoms with Crippen molar-refractivity contribution in [3.8, 4) is 0 Å². The van der Waals surface area contributed by atoms with Crippen LogP contribution in [-0.2, 0) is 26.9 Å². The van der Waals surface area contributed by atoms with Crippen molar-refractivity contribution >= 4 is 61.0 Å². The van der Waals surface area contributed by atoms with Crippen molar-refractivity contribution in [1.82, 2.24) is 0 Å². The van der Waals surface area contributed by atoms with Gasteiger partial charge in [0, 0.05) is 14.3 Å². The fourth-order valence-electron chi connectivity index (χ4n) is 1.71. The molecular formula is C13H10ClINO4S2-. The second kappa shape index (κ2) is 7.26. The van der Waals surface area contributed by atoms with E-state index in [1.54, 1.807) is 12.1 Å². The van der Waals surface area contributed by atoms with Gasteiger partial charge in [0.05, 0.1) is 10.6 Å². The molecule has 5 nitrogen and oxygen atoms in total. The van der Waals surface area contributed by atoms with Crippen LogP contribution >= 0.6 is 34.2 Å². The Morgan fingerprint density at radius 2 is 1.82 bits per heavy atom. The topological polar surface area (TPSA) is 86.3 Å². The van der Waals surface area contributed by atoms with Crippen molar-refractivity contribution in [2.45, 2.75) is 10.6 Å². The molecule has 9 heteroatoms. The lowest BCUT2D eigenvalue weighted by Crippen LogP contribution is -2.14. The lowest BCUT2D eigenvalue weighted by Gasteiger charge is -2.14. The van der Waals surface area contributed by atoms with Crippen LogP contribution in [0.4, 0.5) is 5.69 Å². The Balaban J connectivity index is 2.38. The zero-order valence-electron chi connectivity index (χ0n) is 11.0. The van der Waals surface area contributed by atoms with Crippen LogP contribution < -0.4 is 4.72 Å². The van der Waals surface area contributed by atoms with Gasteiger partial charge in [-0.1, -0.05) is 28.7 Å². The van der Waals surface area contributed by atoms with E-state index in [1.165, 1.54) is 30.3 Å². The predicted octanol–water partition coefficient (Wildman–Crippen LogP) is 3.12. The largest absolute Gasteiger partial charge is 0.772 e. The van der Waals surface area contributed by atoms with Gasteiger partial charge in [0.25, 0.3) is 10.0 Å². The molecule has 2 aromatic carbocycles. The van der Waals surface area contributed by atoms with Crippen molar-refractivity contribution in [1.29, 1.82) is 0 Å². The number of hydrogen-bond acceptors (Lipinski definition) is 4. The molecule has 2 aromatic rings. The van der Waals surface area contributed by atoms with Gasteiger partial charge in [-0.05, 0) is 64.6 Å². The molecule has 2 rings (SSSR count). The normalized spacial score (nSPS) is 12.9. The molecule has 118 valence electrons. The Kier molecular flexibility index (Phi) is 5.83. The van der Waals surface area contributed by atoms with E-state index in [-0.39, 0.29) is 16.3 Å². The number of anilines is 1. The monoisotopic (exact) mass is 470 g/mol. The zero-order valence-corrected chi connectivity index (χ0v) is 15.5. The molecule has 0 radical (unpaired) electrons. The van der Waals surface area contributed by atoms with E-state index in [0.29, 0.717) is 10.6 Å². The van der Waals surface area contributed by atoms with Crippen molar-refractivity contribution in [2.24, 2.45) is 0 Å². The second-order valence-electron chi connectivity index (χ2n) is 4.31. The summed E-state index contributed by atoms with van der Waals surface area (Å²) in [7, 11) is -3.82. The molecule has 1 unspecified atom stereocenters. The molecule has 0 amide bonds. The highest BCUT2D eigenvalue weighted by Gasteiger charge is 2.16. The Morgan fingerprint density at radius 3 is 2.41 bits per heavy atom. The third kappa shape index (κ3) is 4.66. The Bertz CT molecular complexity index is 809. The van der Waals surface area contributed by atoms with Crippen molar-refractivity contribution in [2.75, 3.05) is 4.72 Å². The average Bonchev–Trinajstić information content (AvgIpc) is 2.41. The van der Waals surface area contributed by atoms with Crippen molar-refractivity contribution in [3.05, 3.63) is 56.6 Å². The van der Waals surface area contributed by atoms with E-state index in [4.69, 9.17) is 11.6 Å². The molecule has 0 aromatic heterocycles. The predicted molar refractivity (Wildman–Crippen MR) is 94.0 cm³/mol. The van der Waals surface area contributed by atoms with Gasteiger partial charge in [-0.25, -0.2) is 8.42 Å². The molecule has 0 saturated heterocycles. The van der Waals surface area contributed by atoms with Crippen LogP contribution in [0.1, 0.15) is 5.56 Å². The highest BCUT2D eigenvalue weighted by atomic mass is 127. The van der Waals surface area contributed by atoms with Crippen LogP contribution in [-0.4, -0.2) is 17.2 Å². The number of sulfonamides is 1. The molecule has 0 aliphatic heterocycles. The van der Waals surface area contributed by atoms with Crippen molar-refractivity contribution in [3.63, 3.8) is 0 Å². The lowest BCUT2D eigenvalue weighted by atomic mass is 10.2. The summed E-state index contributed by atoms with van der Waals surface area (Å²) in [5.74, 6) is -0.304. The van der Waals surface area contributed by atoms with Gasteiger partial charge in [-0.15, -0.1) is 0 Å².